The highest BCUT2D eigenvalue weighted by Crippen LogP contribution is 2.03. The Balaban J connectivity index is 1.57. The van der Waals surface area contributed by atoms with Crippen molar-refractivity contribution < 1.29 is 0 Å². The van der Waals surface area contributed by atoms with Gasteiger partial charge in [-0.25, -0.2) is 0 Å². The average molecular weight is 268 g/mol. The van der Waals surface area contributed by atoms with Crippen LogP contribution in [0.15, 0.2) is 60.7 Å². The van der Waals surface area contributed by atoms with Crippen LogP contribution in [0.1, 0.15) is 17.5 Å². The molecular weight excluding hydrogens is 244 g/mol. The summed E-state index contributed by atoms with van der Waals surface area (Å²) in [5.41, 5.74) is 8.88. The maximum Gasteiger partial charge on any atom is 0.0168 e. The molecule has 0 bridgehead atoms. The Bertz CT molecular complexity index is 467. The summed E-state index contributed by atoms with van der Waals surface area (Å²) >= 11 is 0. The number of benzene rings is 2. The van der Waals surface area contributed by atoms with Gasteiger partial charge in [0.25, 0.3) is 0 Å². The van der Waals surface area contributed by atoms with E-state index in [2.05, 4.69) is 66.0 Å². The summed E-state index contributed by atoms with van der Waals surface area (Å²) in [6.07, 6.45) is 3.15. The molecule has 0 aromatic heterocycles. The second kappa shape index (κ2) is 8.51. The molecule has 0 heterocycles. The first-order valence-corrected chi connectivity index (χ1v) is 7.39. The van der Waals surface area contributed by atoms with Gasteiger partial charge in [-0.3, -0.25) is 0 Å². The van der Waals surface area contributed by atoms with E-state index in [1.807, 2.05) is 0 Å². The summed E-state index contributed by atoms with van der Waals surface area (Å²) < 4.78 is 0. The van der Waals surface area contributed by atoms with Crippen molar-refractivity contribution in [2.75, 3.05) is 13.1 Å². The fourth-order valence-corrected chi connectivity index (χ4v) is 2.26. The third-order valence-corrected chi connectivity index (χ3v) is 3.49. The van der Waals surface area contributed by atoms with Crippen LogP contribution in [0.3, 0.4) is 0 Å². The lowest BCUT2D eigenvalue weighted by Crippen LogP contribution is -2.35. The Hall–Kier alpha value is -1.64. The van der Waals surface area contributed by atoms with E-state index in [0.29, 0.717) is 0 Å². The molecule has 0 radical (unpaired) electrons. The molecule has 20 heavy (non-hydrogen) atoms. The van der Waals surface area contributed by atoms with Crippen LogP contribution in [-0.2, 0) is 12.8 Å². The van der Waals surface area contributed by atoms with Crippen LogP contribution in [0.5, 0.6) is 0 Å². The monoisotopic (exact) mass is 268 g/mol. The topological polar surface area (TPSA) is 38.0 Å². The Morgan fingerprint density at radius 1 is 0.800 bits per heavy atom. The first-order chi connectivity index (χ1) is 9.84. The van der Waals surface area contributed by atoms with E-state index in [1.54, 1.807) is 0 Å². The summed E-state index contributed by atoms with van der Waals surface area (Å²) in [5, 5.41) is 3.44. The smallest absolute Gasteiger partial charge is 0.0168 e. The van der Waals surface area contributed by atoms with Crippen LogP contribution in [0.2, 0.25) is 0 Å². The minimum absolute atomic E-state index is 0.228. The number of aryl methyl sites for hydroxylation is 1. The van der Waals surface area contributed by atoms with E-state index < -0.39 is 0 Å². The molecule has 0 spiro atoms. The quantitative estimate of drug-likeness (QED) is 0.723. The van der Waals surface area contributed by atoms with Crippen molar-refractivity contribution in [2.24, 2.45) is 5.73 Å². The van der Waals surface area contributed by atoms with Gasteiger partial charge in [0, 0.05) is 12.6 Å². The fraction of sp³-hybridized carbons (Fsp3) is 0.333. The molecule has 0 aliphatic heterocycles. The summed E-state index contributed by atoms with van der Waals surface area (Å²) in [6.45, 7) is 1.88. The van der Waals surface area contributed by atoms with Gasteiger partial charge in [0.05, 0.1) is 0 Å². The van der Waals surface area contributed by atoms with Gasteiger partial charge in [-0.15, -0.1) is 0 Å². The van der Waals surface area contributed by atoms with E-state index >= 15 is 0 Å². The third kappa shape index (κ3) is 5.55. The second-order valence-corrected chi connectivity index (χ2v) is 5.22. The molecule has 2 nitrogen and oxygen atoms in total. The highest BCUT2D eigenvalue weighted by Gasteiger charge is 2.02. The molecule has 1 atom stereocenters. The summed E-state index contributed by atoms with van der Waals surface area (Å²) in [7, 11) is 0. The third-order valence-electron chi connectivity index (χ3n) is 3.49. The van der Waals surface area contributed by atoms with Crippen molar-refractivity contribution in [3.63, 3.8) is 0 Å². The van der Waals surface area contributed by atoms with Crippen LogP contribution >= 0.6 is 0 Å². The maximum atomic E-state index is 6.14. The molecule has 2 aromatic rings. The van der Waals surface area contributed by atoms with Gasteiger partial charge < -0.3 is 11.1 Å². The Morgan fingerprint density at radius 2 is 1.35 bits per heavy atom. The van der Waals surface area contributed by atoms with E-state index in [9.17, 15) is 0 Å². The molecule has 0 fully saturated rings. The molecule has 0 aliphatic carbocycles. The minimum atomic E-state index is 0.228. The van der Waals surface area contributed by atoms with Crippen LogP contribution < -0.4 is 11.1 Å². The SMILES string of the molecule is NC(CCc1ccccc1)CNCCc1ccccc1. The zero-order valence-corrected chi connectivity index (χ0v) is 12.0. The highest BCUT2D eigenvalue weighted by atomic mass is 14.9. The van der Waals surface area contributed by atoms with Crippen molar-refractivity contribution in [3.05, 3.63) is 71.8 Å². The van der Waals surface area contributed by atoms with Crippen molar-refractivity contribution in [1.29, 1.82) is 0 Å². The predicted molar refractivity (Wildman–Crippen MR) is 85.8 cm³/mol. The first-order valence-electron chi connectivity index (χ1n) is 7.39. The number of nitrogens with one attached hydrogen (secondary N) is 1. The van der Waals surface area contributed by atoms with Gasteiger partial charge >= 0.3 is 0 Å². The zero-order chi connectivity index (χ0) is 14.0. The van der Waals surface area contributed by atoms with Gasteiger partial charge in [-0.2, -0.15) is 0 Å². The van der Waals surface area contributed by atoms with Gasteiger partial charge in [0.1, 0.15) is 0 Å². The molecule has 0 amide bonds. The van der Waals surface area contributed by atoms with Crippen LogP contribution in [-0.4, -0.2) is 19.1 Å². The van der Waals surface area contributed by atoms with E-state index in [1.165, 1.54) is 11.1 Å². The van der Waals surface area contributed by atoms with Crippen LogP contribution in [0, 0.1) is 0 Å². The Morgan fingerprint density at radius 3 is 1.95 bits per heavy atom. The van der Waals surface area contributed by atoms with E-state index in [-0.39, 0.29) is 6.04 Å². The fourth-order valence-electron chi connectivity index (χ4n) is 2.26. The van der Waals surface area contributed by atoms with Crippen molar-refractivity contribution >= 4 is 0 Å². The van der Waals surface area contributed by atoms with Crippen molar-refractivity contribution in [3.8, 4) is 0 Å². The molecule has 2 heteroatoms. The summed E-state index contributed by atoms with van der Waals surface area (Å²) in [6, 6.07) is 21.3. The van der Waals surface area contributed by atoms with Crippen molar-refractivity contribution in [1.82, 2.24) is 5.32 Å². The molecule has 0 saturated heterocycles. The number of hydrogen-bond donors (Lipinski definition) is 2. The predicted octanol–water partition coefficient (Wildman–Crippen LogP) is 2.78. The first kappa shape index (κ1) is 14.8. The molecule has 1 unspecified atom stereocenters. The molecule has 0 saturated carbocycles. The van der Waals surface area contributed by atoms with Gasteiger partial charge in [0.2, 0.25) is 0 Å². The van der Waals surface area contributed by atoms with E-state index in [0.717, 1.165) is 32.4 Å². The number of nitrogens with two attached hydrogens (primary N) is 1. The normalized spacial score (nSPS) is 12.2. The molecule has 106 valence electrons. The second-order valence-electron chi connectivity index (χ2n) is 5.22. The molecule has 0 aliphatic rings. The minimum Gasteiger partial charge on any atom is -0.327 e. The van der Waals surface area contributed by atoms with Crippen molar-refractivity contribution in [2.45, 2.75) is 25.3 Å². The lowest BCUT2D eigenvalue weighted by molar-refractivity contribution is 0.546. The Kier molecular flexibility index (Phi) is 6.28. The van der Waals surface area contributed by atoms with Gasteiger partial charge in [-0.05, 0) is 36.9 Å². The molecular formula is C18H24N2. The van der Waals surface area contributed by atoms with Crippen LogP contribution in [0.25, 0.3) is 0 Å². The number of hydrogen-bond acceptors (Lipinski definition) is 2. The van der Waals surface area contributed by atoms with Gasteiger partial charge in [-0.1, -0.05) is 60.7 Å². The number of rotatable bonds is 8. The average Bonchev–Trinajstić information content (AvgIpc) is 2.52. The van der Waals surface area contributed by atoms with E-state index in [4.69, 9.17) is 5.73 Å². The Labute approximate surface area is 122 Å². The highest BCUT2D eigenvalue weighted by molar-refractivity contribution is 5.15. The zero-order valence-electron chi connectivity index (χ0n) is 12.0. The maximum absolute atomic E-state index is 6.14. The van der Waals surface area contributed by atoms with Gasteiger partial charge in [0.15, 0.2) is 0 Å². The molecule has 2 rings (SSSR count). The summed E-state index contributed by atoms with van der Waals surface area (Å²) in [5.74, 6) is 0. The molecule has 3 N–H and O–H groups in total. The van der Waals surface area contributed by atoms with Crippen LogP contribution in [0.4, 0.5) is 0 Å². The lowest BCUT2D eigenvalue weighted by Gasteiger charge is -2.12. The molecule has 2 aromatic carbocycles. The summed E-state index contributed by atoms with van der Waals surface area (Å²) in [4.78, 5) is 0. The largest absolute Gasteiger partial charge is 0.327 e. The lowest BCUT2D eigenvalue weighted by atomic mass is 10.1. The standard InChI is InChI=1S/C18H24N2/c19-18(12-11-16-7-3-1-4-8-16)15-20-14-13-17-9-5-2-6-10-17/h1-10,18,20H,11-15,19H2.